The maximum Gasteiger partial charge on any atom is 0.253 e. The monoisotopic (exact) mass is 430 g/mol. The molecule has 0 saturated carbocycles. The van der Waals surface area contributed by atoms with Gasteiger partial charge in [0.2, 0.25) is 5.91 Å². The van der Waals surface area contributed by atoms with Crippen molar-refractivity contribution in [1.29, 1.82) is 0 Å². The summed E-state index contributed by atoms with van der Waals surface area (Å²) in [5.41, 5.74) is 3.78. The second-order valence-electron chi connectivity index (χ2n) is 7.15. The Morgan fingerprint density at radius 3 is 2.34 bits per heavy atom. The molecule has 32 heavy (non-hydrogen) atoms. The Labute approximate surface area is 187 Å². The number of aryl methyl sites for hydroxylation is 1. The van der Waals surface area contributed by atoms with Crippen LogP contribution in [0.4, 0.5) is 5.69 Å². The molecule has 6 heteroatoms. The highest BCUT2D eigenvalue weighted by molar-refractivity contribution is 6.07. The fourth-order valence-corrected chi connectivity index (χ4v) is 3.08. The third kappa shape index (κ3) is 5.98. The van der Waals surface area contributed by atoms with Crippen molar-refractivity contribution < 1.29 is 19.1 Å². The van der Waals surface area contributed by atoms with E-state index in [1.807, 2.05) is 37.3 Å². The van der Waals surface area contributed by atoms with Crippen molar-refractivity contribution in [1.82, 2.24) is 5.32 Å². The maximum atomic E-state index is 12.7. The van der Waals surface area contributed by atoms with Crippen LogP contribution in [0.25, 0.3) is 6.08 Å². The second-order valence-corrected chi connectivity index (χ2v) is 7.15. The fraction of sp³-hybridized carbons (Fsp3) is 0.154. The largest absolute Gasteiger partial charge is 0.493 e. The number of hydrogen-bond acceptors (Lipinski definition) is 4. The van der Waals surface area contributed by atoms with Crippen LogP contribution in [0.5, 0.6) is 11.5 Å². The molecule has 3 aromatic carbocycles. The maximum absolute atomic E-state index is 12.7. The van der Waals surface area contributed by atoms with Gasteiger partial charge in [-0.1, -0.05) is 48.0 Å². The van der Waals surface area contributed by atoms with Crippen LogP contribution in [-0.4, -0.2) is 26.0 Å². The van der Waals surface area contributed by atoms with Gasteiger partial charge in [0.25, 0.3) is 5.91 Å². The number of benzene rings is 3. The van der Waals surface area contributed by atoms with E-state index in [1.165, 1.54) is 6.08 Å². The van der Waals surface area contributed by atoms with E-state index < -0.39 is 0 Å². The van der Waals surface area contributed by atoms with Gasteiger partial charge in [-0.15, -0.1) is 0 Å². The van der Waals surface area contributed by atoms with E-state index in [-0.39, 0.29) is 11.8 Å². The molecule has 0 radical (unpaired) electrons. The number of carbonyl (C=O) groups excluding carboxylic acids is 2. The average Bonchev–Trinajstić information content (AvgIpc) is 2.82. The van der Waals surface area contributed by atoms with Gasteiger partial charge < -0.3 is 20.1 Å². The first kappa shape index (κ1) is 22.6. The minimum atomic E-state index is -0.349. The van der Waals surface area contributed by atoms with Crippen molar-refractivity contribution in [3.05, 3.63) is 95.1 Å². The zero-order valence-corrected chi connectivity index (χ0v) is 18.3. The van der Waals surface area contributed by atoms with Crippen LogP contribution in [0.1, 0.15) is 27.0 Å². The first-order chi connectivity index (χ1) is 15.5. The lowest BCUT2D eigenvalue weighted by atomic mass is 10.1. The molecule has 164 valence electrons. The molecule has 2 N–H and O–H groups in total. The predicted molar refractivity (Wildman–Crippen MR) is 126 cm³/mol. The summed E-state index contributed by atoms with van der Waals surface area (Å²) in [5, 5.41) is 5.67. The SMILES string of the molecule is COc1ccc(/C=C/C(=O)Nc2ccccc2C(=O)NCc2ccc(C)cc2)cc1OC. The van der Waals surface area contributed by atoms with E-state index in [0.717, 1.165) is 16.7 Å². The molecule has 0 atom stereocenters. The zero-order chi connectivity index (χ0) is 22.9. The Kier molecular flexibility index (Phi) is 7.65. The van der Waals surface area contributed by atoms with Crippen LogP contribution in [0.3, 0.4) is 0 Å². The third-order valence-corrected chi connectivity index (χ3v) is 4.84. The number of methoxy groups -OCH3 is 2. The van der Waals surface area contributed by atoms with Gasteiger partial charge in [0.15, 0.2) is 11.5 Å². The lowest BCUT2D eigenvalue weighted by Crippen LogP contribution is -2.24. The summed E-state index contributed by atoms with van der Waals surface area (Å²) < 4.78 is 10.5. The van der Waals surface area contributed by atoms with Crippen LogP contribution in [0, 0.1) is 6.92 Å². The van der Waals surface area contributed by atoms with Gasteiger partial charge >= 0.3 is 0 Å². The first-order valence-electron chi connectivity index (χ1n) is 10.1. The topological polar surface area (TPSA) is 76.7 Å². The summed E-state index contributed by atoms with van der Waals surface area (Å²) >= 11 is 0. The number of para-hydroxylation sites is 1. The highest BCUT2D eigenvalue weighted by atomic mass is 16.5. The van der Waals surface area contributed by atoms with E-state index in [4.69, 9.17) is 9.47 Å². The van der Waals surface area contributed by atoms with Gasteiger partial charge in [0.1, 0.15) is 0 Å². The van der Waals surface area contributed by atoms with E-state index in [2.05, 4.69) is 10.6 Å². The molecule has 2 amide bonds. The van der Waals surface area contributed by atoms with Gasteiger partial charge in [-0.25, -0.2) is 0 Å². The van der Waals surface area contributed by atoms with Crippen molar-refractivity contribution in [2.75, 3.05) is 19.5 Å². The number of carbonyl (C=O) groups is 2. The highest BCUT2D eigenvalue weighted by Gasteiger charge is 2.12. The quantitative estimate of drug-likeness (QED) is 0.513. The fourth-order valence-electron chi connectivity index (χ4n) is 3.08. The van der Waals surface area contributed by atoms with Gasteiger partial charge in [-0.2, -0.15) is 0 Å². The lowest BCUT2D eigenvalue weighted by molar-refractivity contribution is -0.111. The molecule has 3 aromatic rings. The lowest BCUT2D eigenvalue weighted by Gasteiger charge is -2.11. The van der Waals surface area contributed by atoms with E-state index in [9.17, 15) is 9.59 Å². The minimum absolute atomic E-state index is 0.259. The van der Waals surface area contributed by atoms with Crippen LogP contribution in [0.15, 0.2) is 72.8 Å². The normalized spacial score (nSPS) is 10.6. The summed E-state index contributed by atoms with van der Waals surface area (Å²) in [6.45, 7) is 2.42. The molecule has 0 aliphatic rings. The molecule has 0 heterocycles. The molecule has 0 fully saturated rings. The Morgan fingerprint density at radius 1 is 0.906 bits per heavy atom. The van der Waals surface area contributed by atoms with Crippen LogP contribution in [0.2, 0.25) is 0 Å². The Balaban J connectivity index is 1.66. The molecule has 0 aromatic heterocycles. The van der Waals surface area contributed by atoms with Gasteiger partial charge in [-0.05, 0) is 48.4 Å². The van der Waals surface area contributed by atoms with Gasteiger partial charge in [0.05, 0.1) is 25.5 Å². The summed E-state index contributed by atoms with van der Waals surface area (Å²) in [4.78, 5) is 25.2. The number of amides is 2. The Bertz CT molecular complexity index is 1120. The summed E-state index contributed by atoms with van der Waals surface area (Å²) in [5.74, 6) is 0.578. The van der Waals surface area contributed by atoms with E-state index >= 15 is 0 Å². The van der Waals surface area contributed by atoms with Crippen molar-refractivity contribution in [2.24, 2.45) is 0 Å². The first-order valence-corrected chi connectivity index (χ1v) is 10.1. The van der Waals surface area contributed by atoms with E-state index in [1.54, 1.807) is 56.7 Å². The number of hydrogen-bond donors (Lipinski definition) is 2. The van der Waals surface area contributed by atoms with Gasteiger partial charge in [-0.3, -0.25) is 9.59 Å². The van der Waals surface area contributed by atoms with E-state index in [0.29, 0.717) is 29.3 Å². The molecular formula is C26H26N2O4. The number of rotatable bonds is 8. The van der Waals surface area contributed by atoms with Crippen molar-refractivity contribution in [3.63, 3.8) is 0 Å². The summed E-state index contributed by atoms with van der Waals surface area (Å²) in [7, 11) is 3.12. The Hall–Kier alpha value is -4.06. The van der Waals surface area contributed by atoms with Crippen molar-refractivity contribution in [2.45, 2.75) is 13.5 Å². The molecule has 6 nitrogen and oxygen atoms in total. The second kappa shape index (κ2) is 10.8. The molecule has 0 aliphatic heterocycles. The summed E-state index contributed by atoms with van der Waals surface area (Å²) in [6.07, 6.45) is 3.07. The molecule has 0 saturated heterocycles. The predicted octanol–water partition coefficient (Wildman–Crippen LogP) is 4.59. The minimum Gasteiger partial charge on any atom is -0.493 e. The van der Waals surface area contributed by atoms with Crippen molar-refractivity contribution >= 4 is 23.6 Å². The smallest absolute Gasteiger partial charge is 0.253 e. The number of nitrogens with one attached hydrogen (secondary N) is 2. The summed E-state index contributed by atoms with van der Waals surface area (Å²) in [6, 6.07) is 20.2. The van der Waals surface area contributed by atoms with Crippen molar-refractivity contribution in [3.8, 4) is 11.5 Å². The molecule has 3 rings (SSSR count). The molecule has 0 bridgehead atoms. The molecule has 0 aliphatic carbocycles. The van der Waals surface area contributed by atoms with Crippen LogP contribution < -0.4 is 20.1 Å². The highest BCUT2D eigenvalue weighted by Crippen LogP contribution is 2.28. The number of anilines is 1. The zero-order valence-electron chi connectivity index (χ0n) is 18.3. The van der Waals surface area contributed by atoms with Crippen LogP contribution >= 0.6 is 0 Å². The Morgan fingerprint density at radius 2 is 1.62 bits per heavy atom. The standard InChI is InChI=1S/C26H26N2O4/c1-18-8-10-20(11-9-18)17-27-26(30)21-6-4-5-7-22(21)28-25(29)15-13-19-12-14-23(31-2)24(16-19)32-3/h4-16H,17H2,1-3H3,(H,27,30)(H,28,29)/b15-13+. The number of ether oxygens (including phenoxy) is 2. The molecule has 0 unspecified atom stereocenters. The molecular weight excluding hydrogens is 404 g/mol. The van der Waals surface area contributed by atoms with Crippen LogP contribution in [-0.2, 0) is 11.3 Å². The average molecular weight is 431 g/mol. The van der Waals surface area contributed by atoms with Gasteiger partial charge in [0, 0.05) is 12.6 Å². The molecule has 0 spiro atoms. The third-order valence-electron chi connectivity index (χ3n) is 4.84.